The Morgan fingerprint density at radius 2 is 1.60 bits per heavy atom. The van der Waals surface area contributed by atoms with Gasteiger partial charge in [-0.15, -0.1) is 0 Å². The topological polar surface area (TPSA) is 86.8 Å². The molecule has 0 heterocycles. The molecule has 0 saturated heterocycles. The predicted octanol–water partition coefficient (Wildman–Crippen LogP) is 5.28. The van der Waals surface area contributed by atoms with Gasteiger partial charge in [-0.05, 0) is 69.5 Å². The summed E-state index contributed by atoms with van der Waals surface area (Å²) < 4.78 is 43.7. The molecule has 7 nitrogen and oxygen atoms in total. The molecule has 3 aromatic carbocycles. The van der Waals surface area contributed by atoms with Crippen LogP contribution in [0.1, 0.15) is 48.9 Å². The van der Waals surface area contributed by atoms with E-state index < -0.39 is 40.2 Å². The number of nitrogens with one attached hydrogen (secondary N) is 1. The Morgan fingerprint density at radius 1 is 0.950 bits per heavy atom. The van der Waals surface area contributed by atoms with Crippen LogP contribution in [-0.2, 0) is 26.2 Å². The molecule has 9 heteroatoms. The van der Waals surface area contributed by atoms with Gasteiger partial charge in [0.2, 0.25) is 11.8 Å². The number of hydrogen-bond acceptors (Lipinski definition) is 4. The van der Waals surface area contributed by atoms with Crippen LogP contribution >= 0.6 is 0 Å². The van der Waals surface area contributed by atoms with Crippen LogP contribution in [0, 0.1) is 26.6 Å². The third-order valence-corrected chi connectivity index (χ3v) is 8.59. The van der Waals surface area contributed by atoms with Gasteiger partial charge in [-0.3, -0.25) is 13.9 Å². The Balaban J connectivity index is 2.05. The zero-order valence-electron chi connectivity index (χ0n) is 23.8. The number of sulfonamides is 1. The van der Waals surface area contributed by atoms with Crippen molar-refractivity contribution in [2.24, 2.45) is 0 Å². The van der Waals surface area contributed by atoms with E-state index in [-0.39, 0.29) is 17.0 Å². The SMILES string of the molecule is CCCCNC(=O)[C@@H](C)N(Cc1ccccc1F)C(=O)CN(c1cc(C)ccc1C)S(=O)(=O)c1ccc(C)cc1. The van der Waals surface area contributed by atoms with Crippen LogP contribution < -0.4 is 9.62 Å². The second-order valence-electron chi connectivity index (χ2n) is 10.0. The fraction of sp³-hybridized carbons (Fsp3) is 0.355. The fourth-order valence-corrected chi connectivity index (χ4v) is 5.74. The molecule has 1 N–H and O–H groups in total. The minimum atomic E-state index is -4.17. The van der Waals surface area contributed by atoms with Crippen molar-refractivity contribution < 1.29 is 22.4 Å². The van der Waals surface area contributed by atoms with Gasteiger partial charge < -0.3 is 10.2 Å². The molecular formula is C31H38FN3O4S. The Hall–Kier alpha value is -3.72. The van der Waals surface area contributed by atoms with Crippen molar-refractivity contribution in [2.75, 3.05) is 17.4 Å². The van der Waals surface area contributed by atoms with E-state index in [0.29, 0.717) is 17.8 Å². The minimum absolute atomic E-state index is 0.0396. The number of halogens is 1. The zero-order valence-corrected chi connectivity index (χ0v) is 24.6. The van der Waals surface area contributed by atoms with Crippen molar-refractivity contribution in [1.29, 1.82) is 0 Å². The molecule has 3 rings (SSSR count). The molecule has 0 saturated carbocycles. The molecule has 1 atom stereocenters. The highest BCUT2D eigenvalue weighted by Gasteiger charge is 2.33. The van der Waals surface area contributed by atoms with Crippen LogP contribution in [0.25, 0.3) is 0 Å². The first-order valence-corrected chi connectivity index (χ1v) is 14.9. The average molecular weight is 568 g/mol. The lowest BCUT2D eigenvalue weighted by molar-refractivity contribution is -0.139. The molecule has 0 unspecified atom stereocenters. The minimum Gasteiger partial charge on any atom is -0.354 e. The number of anilines is 1. The van der Waals surface area contributed by atoms with Crippen LogP contribution in [0.5, 0.6) is 0 Å². The van der Waals surface area contributed by atoms with E-state index in [1.54, 1.807) is 56.3 Å². The molecule has 3 aromatic rings. The number of amides is 2. The number of benzene rings is 3. The van der Waals surface area contributed by atoms with E-state index in [4.69, 9.17) is 0 Å². The van der Waals surface area contributed by atoms with Crippen molar-refractivity contribution in [1.82, 2.24) is 10.2 Å². The average Bonchev–Trinajstić information content (AvgIpc) is 2.92. The fourth-order valence-electron chi connectivity index (χ4n) is 4.27. The molecule has 40 heavy (non-hydrogen) atoms. The first-order chi connectivity index (χ1) is 18.9. The number of carbonyl (C=O) groups excluding carboxylic acids is 2. The monoisotopic (exact) mass is 567 g/mol. The highest BCUT2D eigenvalue weighted by molar-refractivity contribution is 7.92. The van der Waals surface area contributed by atoms with Crippen molar-refractivity contribution >= 4 is 27.5 Å². The quantitative estimate of drug-likeness (QED) is 0.302. The van der Waals surface area contributed by atoms with Crippen LogP contribution in [0.2, 0.25) is 0 Å². The summed E-state index contributed by atoms with van der Waals surface area (Å²) in [7, 11) is -4.17. The zero-order chi connectivity index (χ0) is 29.4. The van der Waals surface area contributed by atoms with Crippen LogP contribution in [0.15, 0.2) is 71.6 Å². The van der Waals surface area contributed by atoms with Gasteiger partial charge in [0.1, 0.15) is 18.4 Å². The molecule has 2 amide bonds. The van der Waals surface area contributed by atoms with Gasteiger partial charge in [0, 0.05) is 18.7 Å². The Bertz CT molecular complexity index is 1440. The molecule has 0 aromatic heterocycles. The normalized spacial score (nSPS) is 12.1. The lowest BCUT2D eigenvalue weighted by Gasteiger charge is -2.32. The highest BCUT2D eigenvalue weighted by Crippen LogP contribution is 2.29. The van der Waals surface area contributed by atoms with Crippen LogP contribution in [0.4, 0.5) is 10.1 Å². The molecule has 0 aliphatic heterocycles. The molecule has 0 aliphatic carbocycles. The summed E-state index contributed by atoms with van der Waals surface area (Å²) in [5.41, 5.74) is 2.97. The standard InChI is InChI=1S/C31H38FN3O4S/c1-6-7-18-33-31(37)25(5)34(20-26-10-8-9-11-28(26)32)30(36)21-35(29-19-23(3)12-15-24(29)4)40(38,39)27-16-13-22(2)14-17-27/h8-17,19,25H,6-7,18,20-21H2,1-5H3,(H,33,37)/t25-/m1/s1. The molecule has 0 spiro atoms. The van der Waals surface area contributed by atoms with Crippen LogP contribution in [-0.4, -0.2) is 44.3 Å². The lowest BCUT2D eigenvalue weighted by atomic mass is 10.1. The van der Waals surface area contributed by atoms with Gasteiger partial charge in [-0.25, -0.2) is 12.8 Å². The number of carbonyl (C=O) groups is 2. The van der Waals surface area contributed by atoms with E-state index in [1.165, 1.54) is 23.1 Å². The van der Waals surface area contributed by atoms with Gasteiger partial charge in [0.25, 0.3) is 10.0 Å². The summed E-state index contributed by atoms with van der Waals surface area (Å²) in [5, 5.41) is 2.82. The summed E-state index contributed by atoms with van der Waals surface area (Å²) in [6.07, 6.45) is 1.66. The molecule has 214 valence electrons. The van der Waals surface area contributed by atoms with Gasteiger partial charge >= 0.3 is 0 Å². The molecule has 0 radical (unpaired) electrons. The second-order valence-corrected chi connectivity index (χ2v) is 11.9. The van der Waals surface area contributed by atoms with E-state index in [2.05, 4.69) is 5.32 Å². The third kappa shape index (κ3) is 7.47. The number of nitrogens with zero attached hydrogens (tertiary/aromatic N) is 2. The van der Waals surface area contributed by atoms with Gasteiger partial charge in [0.15, 0.2) is 0 Å². The highest BCUT2D eigenvalue weighted by atomic mass is 32.2. The van der Waals surface area contributed by atoms with Crippen molar-refractivity contribution in [3.8, 4) is 0 Å². The van der Waals surface area contributed by atoms with Crippen LogP contribution in [0.3, 0.4) is 0 Å². The van der Waals surface area contributed by atoms with E-state index in [1.807, 2.05) is 26.8 Å². The maximum atomic E-state index is 14.6. The second kappa shape index (κ2) is 13.6. The van der Waals surface area contributed by atoms with Gasteiger partial charge in [-0.2, -0.15) is 0 Å². The predicted molar refractivity (Wildman–Crippen MR) is 156 cm³/mol. The molecule has 0 bridgehead atoms. The summed E-state index contributed by atoms with van der Waals surface area (Å²) in [6, 6.07) is 16.9. The van der Waals surface area contributed by atoms with Crippen molar-refractivity contribution in [3.05, 3.63) is 94.8 Å². The Kier molecular flexibility index (Phi) is 10.5. The maximum absolute atomic E-state index is 14.6. The number of rotatable bonds is 12. The summed E-state index contributed by atoms with van der Waals surface area (Å²) in [5.74, 6) is -1.53. The maximum Gasteiger partial charge on any atom is 0.264 e. The largest absolute Gasteiger partial charge is 0.354 e. The Labute approximate surface area is 237 Å². The number of aryl methyl sites for hydroxylation is 3. The summed E-state index contributed by atoms with van der Waals surface area (Å²) in [4.78, 5) is 28.3. The Morgan fingerprint density at radius 3 is 2.25 bits per heavy atom. The number of hydrogen-bond donors (Lipinski definition) is 1. The van der Waals surface area contributed by atoms with Gasteiger partial charge in [-0.1, -0.05) is 61.4 Å². The first-order valence-electron chi connectivity index (χ1n) is 13.4. The van der Waals surface area contributed by atoms with E-state index >= 15 is 0 Å². The summed E-state index contributed by atoms with van der Waals surface area (Å²) >= 11 is 0. The van der Waals surface area contributed by atoms with Crippen molar-refractivity contribution in [3.63, 3.8) is 0 Å². The first kappa shape index (κ1) is 30.8. The third-order valence-electron chi connectivity index (χ3n) is 6.82. The van der Waals surface area contributed by atoms with Gasteiger partial charge in [0.05, 0.1) is 10.6 Å². The molecular weight excluding hydrogens is 529 g/mol. The molecule has 0 aliphatic rings. The van der Waals surface area contributed by atoms with E-state index in [9.17, 15) is 22.4 Å². The number of unbranched alkanes of at least 4 members (excludes halogenated alkanes) is 1. The summed E-state index contributed by atoms with van der Waals surface area (Å²) in [6.45, 7) is 8.72. The smallest absolute Gasteiger partial charge is 0.264 e. The molecule has 0 fully saturated rings. The van der Waals surface area contributed by atoms with E-state index in [0.717, 1.165) is 28.3 Å². The van der Waals surface area contributed by atoms with Crippen molar-refractivity contribution in [2.45, 2.75) is 64.9 Å². The lowest BCUT2D eigenvalue weighted by Crippen LogP contribution is -2.51.